The summed E-state index contributed by atoms with van der Waals surface area (Å²) in [4.78, 5) is 14.3. The van der Waals surface area contributed by atoms with Gasteiger partial charge >= 0.3 is 0 Å². The number of fused-ring (bicyclic) bond motifs is 1. The largest absolute Gasteiger partial charge is 0.327 e. The summed E-state index contributed by atoms with van der Waals surface area (Å²) in [5, 5.41) is 0. The Balaban J connectivity index is 0.00000242. The molecule has 0 saturated carbocycles. The van der Waals surface area contributed by atoms with Crippen LogP contribution in [0.25, 0.3) is 0 Å². The summed E-state index contributed by atoms with van der Waals surface area (Å²) in [6.07, 6.45) is 0.729. The highest BCUT2D eigenvalue weighted by Crippen LogP contribution is 2.31. The van der Waals surface area contributed by atoms with Gasteiger partial charge in [-0.25, -0.2) is 13.1 Å². The molecule has 6 nitrogen and oxygen atoms in total. The molecule has 1 aromatic carbocycles. The van der Waals surface area contributed by atoms with Crippen LogP contribution in [0.4, 0.5) is 5.69 Å². The lowest BCUT2D eigenvalue weighted by Gasteiger charge is -2.24. The quantitative estimate of drug-likeness (QED) is 0.846. The van der Waals surface area contributed by atoms with Crippen molar-refractivity contribution in [2.24, 2.45) is 11.7 Å². The topological polar surface area (TPSA) is 92.5 Å². The first-order valence-electron chi connectivity index (χ1n) is 6.91. The Hall–Kier alpha value is -1.15. The van der Waals surface area contributed by atoms with E-state index in [9.17, 15) is 13.2 Å². The number of carbonyl (C=O) groups excluding carboxylic acids is 1. The number of nitrogens with zero attached hydrogens (tertiary/aromatic N) is 1. The molecule has 2 rings (SSSR count). The van der Waals surface area contributed by atoms with Gasteiger partial charge in [0.1, 0.15) is 0 Å². The average Bonchev–Trinajstić information content (AvgIpc) is 2.88. The zero-order valence-corrected chi connectivity index (χ0v) is 14.5. The summed E-state index contributed by atoms with van der Waals surface area (Å²) >= 11 is 0. The molecule has 0 aromatic heterocycles. The second-order valence-electron chi connectivity index (χ2n) is 5.39. The summed E-state index contributed by atoms with van der Waals surface area (Å²) in [7, 11) is -2.15. The van der Waals surface area contributed by atoms with Crippen molar-refractivity contribution in [3.8, 4) is 0 Å². The van der Waals surface area contributed by atoms with Gasteiger partial charge in [0.25, 0.3) is 0 Å². The number of nitrogens with two attached hydrogens (primary N) is 1. The van der Waals surface area contributed by atoms with E-state index in [1.807, 2.05) is 0 Å². The van der Waals surface area contributed by atoms with Gasteiger partial charge in [-0.1, -0.05) is 13.0 Å². The molecule has 1 aromatic rings. The van der Waals surface area contributed by atoms with E-state index in [0.29, 0.717) is 12.2 Å². The molecule has 2 unspecified atom stereocenters. The maximum atomic E-state index is 12.5. The molecule has 0 spiro atoms. The monoisotopic (exact) mass is 347 g/mol. The lowest BCUT2D eigenvalue weighted by atomic mass is 10.0. The van der Waals surface area contributed by atoms with Gasteiger partial charge in [0.15, 0.2) is 0 Å². The van der Waals surface area contributed by atoms with Crippen molar-refractivity contribution >= 4 is 34.0 Å². The standard InChI is InChI=1S/C14H21N3O3S.ClH/c1-9(10(2)15)14(18)17-7-6-11-4-5-12(8-13(11)17)21(19,20)16-3;/h4-5,8-10,16H,6-7,15H2,1-3H3;1H. The molecule has 22 heavy (non-hydrogen) atoms. The minimum absolute atomic E-state index is 0. The number of rotatable bonds is 4. The van der Waals surface area contributed by atoms with Crippen molar-refractivity contribution in [2.75, 3.05) is 18.5 Å². The molecule has 1 amide bonds. The summed E-state index contributed by atoms with van der Waals surface area (Å²) in [5.41, 5.74) is 7.44. The van der Waals surface area contributed by atoms with Crippen LogP contribution in [0.3, 0.4) is 0 Å². The van der Waals surface area contributed by atoms with E-state index in [0.717, 1.165) is 12.0 Å². The van der Waals surface area contributed by atoms with Gasteiger partial charge in [-0.2, -0.15) is 0 Å². The van der Waals surface area contributed by atoms with E-state index >= 15 is 0 Å². The van der Waals surface area contributed by atoms with Gasteiger partial charge in [0, 0.05) is 18.3 Å². The van der Waals surface area contributed by atoms with Crippen molar-refractivity contribution in [1.82, 2.24) is 4.72 Å². The molecule has 3 N–H and O–H groups in total. The lowest BCUT2D eigenvalue weighted by Crippen LogP contribution is -2.41. The molecule has 124 valence electrons. The summed E-state index contributed by atoms with van der Waals surface area (Å²) in [5.74, 6) is -0.372. The molecular weight excluding hydrogens is 326 g/mol. The first-order chi connectivity index (χ1) is 9.77. The number of halogens is 1. The van der Waals surface area contributed by atoms with E-state index in [1.54, 1.807) is 36.9 Å². The SMILES string of the molecule is CNS(=O)(=O)c1ccc2c(c1)N(C(=O)C(C)C(C)N)CC2.Cl. The molecule has 0 saturated heterocycles. The predicted molar refractivity (Wildman–Crippen MR) is 88.8 cm³/mol. The summed E-state index contributed by atoms with van der Waals surface area (Å²) in [6.45, 7) is 4.15. The molecule has 0 bridgehead atoms. The molecule has 1 aliphatic heterocycles. The van der Waals surface area contributed by atoms with Crippen LogP contribution in [-0.2, 0) is 21.2 Å². The van der Waals surface area contributed by atoms with Gasteiger partial charge in [-0.05, 0) is 38.1 Å². The molecule has 0 aliphatic carbocycles. The number of nitrogens with one attached hydrogen (secondary N) is 1. The van der Waals surface area contributed by atoms with E-state index in [1.165, 1.54) is 7.05 Å². The number of carbonyl (C=O) groups is 1. The third-order valence-corrected chi connectivity index (χ3v) is 5.39. The highest BCUT2D eigenvalue weighted by atomic mass is 35.5. The van der Waals surface area contributed by atoms with Gasteiger partial charge in [-0.15, -0.1) is 12.4 Å². The Labute approximate surface area is 137 Å². The number of amides is 1. The Morgan fingerprint density at radius 1 is 1.36 bits per heavy atom. The normalized spacial score (nSPS) is 16.6. The highest BCUT2D eigenvalue weighted by Gasteiger charge is 2.30. The first kappa shape index (κ1) is 18.9. The van der Waals surface area contributed by atoms with Crippen molar-refractivity contribution < 1.29 is 13.2 Å². The molecule has 2 atom stereocenters. The second kappa shape index (κ2) is 6.95. The number of sulfonamides is 1. The third-order valence-electron chi connectivity index (χ3n) is 3.98. The predicted octanol–water partition coefficient (Wildman–Crippen LogP) is 0.889. The van der Waals surface area contributed by atoms with Crippen molar-refractivity contribution in [3.63, 3.8) is 0 Å². The van der Waals surface area contributed by atoms with Crippen molar-refractivity contribution in [2.45, 2.75) is 31.2 Å². The van der Waals surface area contributed by atoms with Crippen LogP contribution in [-0.4, -0.2) is 34.0 Å². The highest BCUT2D eigenvalue weighted by molar-refractivity contribution is 7.89. The van der Waals surface area contributed by atoms with Crippen LogP contribution >= 0.6 is 12.4 Å². The van der Waals surface area contributed by atoms with Gasteiger partial charge in [0.05, 0.1) is 10.8 Å². The molecule has 1 heterocycles. The van der Waals surface area contributed by atoms with Crippen molar-refractivity contribution in [3.05, 3.63) is 23.8 Å². The maximum absolute atomic E-state index is 12.5. The van der Waals surface area contributed by atoms with E-state index in [4.69, 9.17) is 5.73 Å². The fourth-order valence-electron chi connectivity index (χ4n) is 2.34. The van der Waals surface area contributed by atoms with Crippen molar-refractivity contribution in [1.29, 1.82) is 0 Å². The number of benzene rings is 1. The molecule has 1 aliphatic rings. The van der Waals surface area contributed by atoms with Crippen LogP contribution in [0.15, 0.2) is 23.1 Å². The van der Waals surface area contributed by atoms with Crippen LogP contribution in [0.5, 0.6) is 0 Å². The number of hydrogen-bond donors (Lipinski definition) is 2. The fraction of sp³-hybridized carbons (Fsp3) is 0.500. The minimum atomic E-state index is -3.52. The number of hydrogen-bond acceptors (Lipinski definition) is 4. The molecule has 0 fully saturated rings. The second-order valence-corrected chi connectivity index (χ2v) is 7.27. The maximum Gasteiger partial charge on any atom is 0.240 e. The Bertz CT molecular complexity index is 661. The Kier molecular flexibility index (Phi) is 5.97. The van der Waals surface area contributed by atoms with Gasteiger partial charge in [-0.3, -0.25) is 4.79 Å². The zero-order chi connectivity index (χ0) is 15.8. The van der Waals surface area contributed by atoms with Crippen LogP contribution < -0.4 is 15.4 Å². The molecular formula is C14H22ClN3O3S. The Morgan fingerprint density at radius 2 is 2.00 bits per heavy atom. The lowest BCUT2D eigenvalue weighted by molar-refractivity contribution is -0.122. The first-order valence-corrected chi connectivity index (χ1v) is 8.39. The fourth-order valence-corrected chi connectivity index (χ4v) is 3.09. The van der Waals surface area contributed by atoms with Crippen LogP contribution in [0, 0.1) is 5.92 Å². The zero-order valence-electron chi connectivity index (χ0n) is 12.9. The summed E-state index contributed by atoms with van der Waals surface area (Å²) < 4.78 is 26.1. The van der Waals surface area contributed by atoms with Gasteiger partial charge < -0.3 is 10.6 Å². The third kappa shape index (κ3) is 3.43. The molecule has 0 radical (unpaired) electrons. The van der Waals surface area contributed by atoms with Crippen LogP contribution in [0.2, 0.25) is 0 Å². The van der Waals surface area contributed by atoms with Crippen LogP contribution in [0.1, 0.15) is 19.4 Å². The average molecular weight is 348 g/mol. The summed E-state index contributed by atoms with van der Waals surface area (Å²) in [6, 6.07) is 4.64. The van der Waals surface area contributed by atoms with E-state index in [-0.39, 0.29) is 35.2 Å². The number of anilines is 1. The smallest absolute Gasteiger partial charge is 0.240 e. The molecule has 8 heteroatoms. The van der Waals surface area contributed by atoms with E-state index in [2.05, 4.69) is 4.72 Å². The Morgan fingerprint density at radius 3 is 2.55 bits per heavy atom. The minimum Gasteiger partial charge on any atom is -0.327 e. The van der Waals surface area contributed by atoms with E-state index < -0.39 is 10.0 Å². The van der Waals surface area contributed by atoms with Gasteiger partial charge in [0.2, 0.25) is 15.9 Å².